The molecule has 1 aliphatic rings. The minimum Gasteiger partial charge on any atom is -0.405 e. The zero-order valence-corrected chi connectivity index (χ0v) is 37.6. The normalized spacial score (nSPS) is 15.7. The summed E-state index contributed by atoms with van der Waals surface area (Å²) < 4.78 is 36.7. The lowest BCUT2D eigenvalue weighted by Gasteiger charge is -2.45. The van der Waals surface area contributed by atoms with Gasteiger partial charge in [-0.05, 0) is 37.7 Å². The zero-order valence-electron chi connectivity index (χ0n) is 35.0. The number of ether oxygens (including phenoxy) is 4. The van der Waals surface area contributed by atoms with Crippen molar-refractivity contribution < 1.29 is 23.4 Å². The average molecular weight is 855 g/mol. The number of rotatable bonds is 21. The van der Waals surface area contributed by atoms with E-state index in [1.165, 1.54) is 10.4 Å². The first-order valence-corrected chi connectivity index (χ1v) is 25.0. The van der Waals surface area contributed by atoms with Crippen molar-refractivity contribution in [3.63, 3.8) is 0 Å². The number of thioether (sulfide) groups is 2. The van der Waals surface area contributed by atoms with Gasteiger partial charge >= 0.3 is 0 Å². The molecule has 4 atom stereocenters. The Bertz CT molecular complexity index is 2050. The zero-order chi connectivity index (χ0) is 41.5. The lowest BCUT2D eigenvalue weighted by atomic mass is 10.0. The predicted octanol–water partition coefficient (Wildman–Crippen LogP) is 10.7. The molecule has 0 amide bonds. The third-order valence-electron chi connectivity index (χ3n) is 11.0. The van der Waals surface area contributed by atoms with Crippen LogP contribution < -0.4 is 10.4 Å². The minimum absolute atomic E-state index is 0.129. The van der Waals surface area contributed by atoms with Crippen LogP contribution in [0.5, 0.6) is 0 Å². The molecule has 0 radical (unpaired) electrons. The third-order valence-corrected chi connectivity index (χ3v) is 19.1. The summed E-state index contributed by atoms with van der Waals surface area (Å²) in [5.74, 6) is 2.10. The molecule has 7 rings (SSSR count). The second-order valence-corrected chi connectivity index (χ2v) is 23.3. The van der Waals surface area contributed by atoms with E-state index in [2.05, 4.69) is 178 Å². The summed E-state index contributed by atoms with van der Waals surface area (Å²) in [6, 6.07) is 63.2. The van der Waals surface area contributed by atoms with E-state index in [1.807, 2.05) is 47.8 Å². The largest absolute Gasteiger partial charge is 0.405 e. The molecular weight excluding hydrogens is 797 g/mol. The molecule has 1 heterocycles. The topological polar surface area (TPSA) is 46.2 Å². The van der Waals surface area contributed by atoms with Crippen LogP contribution in [0.3, 0.4) is 0 Å². The maximum absolute atomic E-state index is 7.72. The molecule has 1 fully saturated rings. The van der Waals surface area contributed by atoms with Crippen molar-refractivity contribution in [2.24, 2.45) is 0 Å². The molecule has 0 unspecified atom stereocenters. The lowest BCUT2D eigenvalue weighted by molar-refractivity contribution is -0.192. The van der Waals surface area contributed by atoms with Crippen molar-refractivity contribution in [3.05, 3.63) is 204 Å². The monoisotopic (exact) mass is 854 g/mol. The SMILES string of the molecule is CC(C)(C)[Si](OC[C@@H](OCc1ccccc1)[C@H](OCc1ccccc1)[C@H](OCc1ccccc1)[C@@H](OCc1ccccc1)C1SCCS1)(c1ccccc1)c1ccccc1. The molecular formula is C52H58O5S2Si. The summed E-state index contributed by atoms with van der Waals surface area (Å²) in [5.41, 5.74) is 4.36. The fourth-order valence-electron chi connectivity index (χ4n) is 7.97. The van der Waals surface area contributed by atoms with E-state index in [1.54, 1.807) is 0 Å². The van der Waals surface area contributed by atoms with E-state index in [9.17, 15) is 0 Å². The van der Waals surface area contributed by atoms with Gasteiger partial charge in [-0.15, -0.1) is 23.5 Å². The molecule has 1 saturated heterocycles. The van der Waals surface area contributed by atoms with Crippen LogP contribution in [0.15, 0.2) is 182 Å². The molecule has 60 heavy (non-hydrogen) atoms. The predicted molar refractivity (Wildman–Crippen MR) is 252 cm³/mol. The molecule has 0 aromatic heterocycles. The van der Waals surface area contributed by atoms with Gasteiger partial charge in [0.15, 0.2) is 0 Å². The summed E-state index contributed by atoms with van der Waals surface area (Å²) in [5, 5.41) is 2.20. The van der Waals surface area contributed by atoms with Gasteiger partial charge in [0.05, 0.1) is 37.6 Å². The van der Waals surface area contributed by atoms with Crippen molar-refractivity contribution in [1.29, 1.82) is 0 Å². The highest BCUT2D eigenvalue weighted by Gasteiger charge is 2.52. The Morgan fingerprint density at radius 1 is 0.467 bits per heavy atom. The van der Waals surface area contributed by atoms with Gasteiger partial charge in [0, 0.05) is 11.5 Å². The lowest BCUT2D eigenvalue weighted by Crippen LogP contribution is -2.67. The second-order valence-electron chi connectivity index (χ2n) is 16.2. The van der Waals surface area contributed by atoms with Gasteiger partial charge in [0.1, 0.15) is 24.4 Å². The molecule has 0 saturated carbocycles. The van der Waals surface area contributed by atoms with E-state index < -0.39 is 26.6 Å². The molecule has 0 spiro atoms. The van der Waals surface area contributed by atoms with Gasteiger partial charge in [0.25, 0.3) is 8.32 Å². The average Bonchev–Trinajstić information content (AvgIpc) is 3.84. The maximum Gasteiger partial charge on any atom is 0.261 e. The summed E-state index contributed by atoms with van der Waals surface area (Å²) in [4.78, 5) is 0. The molecule has 6 aromatic carbocycles. The van der Waals surface area contributed by atoms with Crippen LogP contribution in [0.2, 0.25) is 5.04 Å². The maximum atomic E-state index is 7.72. The number of benzene rings is 6. The third kappa shape index (κ3) is 11.7. The van der Waals surface area contributed by atoms with Crippen LogP contribution >= 0.6 is 23.5 Å². The minimum atomic E-state index is -2.99. The Kier molecular flexibility index (Phi) is 16.3. The smallest absolute Gasteiger partial charge is 0.261 e. The fourth-order valence-corrected chi connectivity index (χ4v) is 15.6. The second kappa shape index (κ2) is 22.2. The van der Waals surface area contributed by atoms with Crippen molar-refractivity contribution >= 4 is 42.2 Å². The standard InChI is InChI=1S/C52H58O5S2Si/c1-52(2,3)60(45-30-18-8-19-31-45,46-32-20-9-21-33-46)57-40-47(53-36-41-22-10-4-11-23-41)48(54-37-42-24-12-5-13-25-42)49(55-38-43-26-14-6-15-27-43)50(51-58-34-35-59-51)56-39-44-28-16-7-17-29-44/h4-33,47-51H,34-40H2,1-3H3/t47-,48+,49+,50-/m1/s1. The highest BCUT2D eigenvalue weighted by Crippen LogP contribution is 2.41. The first-order valence-electron chi connectivity index (χ1n) is 21.0. The molecule has 6 aromatic rings. The van der Waals surface area contributed by atoms with Gasteiger partial charge in [-0.2, -0.15) is 0 Å². The molecule has 0 bridgehead atoms. The fraction of sp³-hybridized carbons (Fsp3) is 0.308. The quantitative estimate of drug-likeness (QED) is 0.0669. The molecule has 312 valence electrons. The molecule has 5 nitrogen and oxygen atoms in total. The van der Waals surface area contributed by atoms with E-state index in [0.717, 1.165) is 33.8 Å². The summed E-state index contributed by atoms with van der Waals surface area (Å²) >= 11 is 3.88. The van der Waals surface area contributed by atoms with Crippen LogP contribution in [0.25, 0.3) is 0 Å². The highest BCUT2D eigenvalue weighted by molar-refractivity contribution is 8.20. The molecule has 8 heteroatoms. The Hall–Kier alpha value is -3.96. The van der Waals surface area contributed by atoms with E-state index >= 15 is 0 Å². The van der Waals surface area contributed by atoms with Gasteiger partial charge in [-0.3, -0.25) is 0 Å². The summed E-state index contributed by atoms with van der Waals surface area (Å²) in [6.07, 6.45) is -1.99. The summed E-state index contributed by atoms with van der Waals surface area (Å²) in [7, 11) is -2.99. The van der Waals surface area contributed by atoms with Crippen molar-refractivity contribution in [3.8, 4) is 0 Å². The molecule has 1 aliphatic heterocycles. The Morgan fingerprint density at radius 2 is 0.817 bits per heavy atom. The van der Waals surface area contributed by atoms with Gasteiger partial charge < -0.3 is 23.4 Å². The van der Waals surface area contributed by atoms with Crippen molar-refractivity contribution in [2.75, 3.05) is 18.1 Å². The van der Waals surface area contributed by atoms with E-state index in [0.29, 0.717) is 26.4 Å². The Morgan fingerprint density at radius 3 is 1.22 bits per heavy atom. The Labute approximate surface area is 367 Å². The van der Waals surface area contributed by atoms with Gasteiger partial charge in [0.2, 0.25) is 0 Å². The molecule has 0 N–H and O–H groups in total. The summed E-state index contributed by atoms with van der Waals surface area (Å²) in [6.45, 7) is 8.83. The van der Waals surface area contributed by atoms with Crippen LogP contribution in [0, 0.1) is 0 Å². The van der Waals surface area contributed by atoms with Gasteiger partial charge in [-0.25, -0.2) is 0 Å². The van der Waals surface area contributed by atoms with Crippen LogP contribution in [-0.2, 0) is 49.8 Å². The molecule has 0 aliphatic carbocycles. The highest BCUT2D eigenvalue weighted by atomic mass is 32.2. The van der Waals surface area contributed by atoms with Crippen LogP contribution in [-0.4, -0.2) is 55.4 Å². The number of hydrogen-bond acceptors (Lipinski definition) is 7. The van der Waals surface area contributed by atoms with E-state index in [4.69, 9.17) is 23.4 Å². The van der Waals surface area contributed by atoms with Crippen molar-refractivity contribution in [1.82, 2.24) is 0 Å². The van der Waals surface area contributed by atoms with Crippen molar-refractivity contribution in [2.45, 2.75) is 81.2 Å². The first kappa shape index (κ1) is 44.1. The Balaban J connectivity index is 1.34. The van der Waals surface area contributed by atoms with Gasteiger partial charge in [-0.1, -0.05) is 203 Å². The number of hydrogen-bond donors (Lipinski definition) is 0. The van der Waals surface area contributed by atoms with Crippen LogP contribution in [0.1, 0.15) is 43.0 Å². The van der Waals surface area contributed by atoms with E-state index in [-0.39, 0.29) is 22.3 Å². The first-order chi connectivity index (χ1) is 29.4. The van der Waals surface area contributed by atoms with Crippen LogP contribution in [0.4, 0.5) is 0 Å².